The number of aliphatic hydroxyl groups is 1. The first kappa shape index (κ1) is 22.2. The van der Waals surface area contributed by atoms with Crippen molar-refractivity contribution in [1.29, 1.82) is 0 Å². The van der Waals surface area contributed by atoms with Gasteiger partial charge in [-0.3, -0.25) is 9.59 Å². The van der Waals surface area contributed by atoms with Crippen molar-refractivity contribution < 1.29 is 19.1 Å². The number of nitrogens with zero attached hydrogens (tertiary/aromatic N) is 1. The number of likely N-dealkylation sites (tertiary alicyclic amines) is 1. The fraction of sp³-hybridized carbons (Fsp3) is 0.364. The van der Waals surface area contributed by atoms with Crippen LogP contribution < -0.4 is 0 Å². The SMILES string of the molecule is Cl.O=C(CCCN1CCC(O)(C(=O)c2ccccc2)CC1)c1ccc(F)cc1. The normalized spacial score (nSPS) is 16.2. The molecule has 0 unspecified atom stereocenters. The Morgan fingerprint density at radius 3 is 2.18 bits per heavy atom. The molecule has 6 heteroatoms. The molecule has 1 aliphatic heterocycles. The number of ketones is 2. The summed E-state index contributed by atoms with van der Waals surface area (Å²) in [6, 6.07) is 14.5. The largest absolute Gasteiger partial charge is 0.382 e. The van der Waals surface area contributed by atoms with Gasteiger partial charge in [0.1, 0.15) is 11.4 Å². The molecular weight excluding hydrogens is 381 g/mol. The maximum absolute atomic E-state index is 12.9. The molecule has 1 saturated heterocycles. The van der Waals surface area contributed by atoms with Gasteiger partial charge in [0.05, 0.1) is 0 Å². The maximum atomic E-state index is 12.9. The Hall–Kier alpha value is -2.08. The lowest BCUT2D eigenvalue weighted by Gasteiger charge is -2.37. The van der Waals surface area contributed by atoms with E-state index in [1.54, 1.807) is 24.3 Å². The van der Waals surface area contributed by atoms with Gasteiger partial charge in [-0.05, 0) is 50.1 Å². The van der Waals surface area contributed by atoms with Crippen LogP contribution in [0.25, 0.3) is 0 Å². The Morgan fingerprint density at radius 2 is 1.57 bits per heavy atom. The van der Waals surface area contributed by atoms with E-state index in [9.17, 15) is 19.1 Å². The van der Waals surface area contributed by atoms with Crippen molar-refractivity contribution in [2.75, 3.05) is 19.6 Å². The molecule has 28 heavy (non-hydrogen) atoms. The van der Waals surface area contributed by atoms with Crippen molar-refractivity contribution in [2.45, 2.75) is 31.3 Å². The van der Waals surface area contributed by atoms with Gasteiger partial charge >= 0.3 is 0 Å². The number of hydrogen-bond acceptors (Lipinski definition) is 4. The molecule has 150 valence electrons. The molecule has 0 saturated carbocycles. The van der Waals surface area contributed by atoms with Crippen LogP contribution in [-0.2, 0) is 0 Å². The number of halogens is 2. The first-order valence-electron chi connectivity index (χ1n) is 9.31. The van der Waals surface area contributed by atoms with Crippen LogP contribution in [0.4, 0.5) is 4.39 Å². The summed E-state index contributed by atoms with van der Waals surface area (Å²) in [5.41, 5.74) is -0.238. The Kier molecular flexibility index (Phi) is 7.87. The van der Waals surface area contributed by atoms with E-state index in [1.807, 2.05) is 6.07 Å². The lowest BCUT2D eigenvalue weighted by atomic mass is 9.84. The van der Waals surface area contributed by atoms with E-state index >= 15 is 0 Å². The minimum Gasteiger partial charge on any atom is -0.382 e. The number of piperidine rings is 1. The van der Waals surface area contributed by atoms with Gasteiger partial charge in [0.25, 0.3) is 0 Å². The lowest BCUT2D eigenvalue weighted by molar-refractivity contribution is -0.00648. The number of benzene rings is 2. The van der Waals surface area contributed by atoms with Crippen molar-refractivity contribution in [2.24, 2.45) is 0 Å². The quantitative estimate of drug-likeness (QED) is 0.709. The van der Waals surface area contributed by atoms with Crippen LogP contribution in [0, 0.1) is 5.82 Å². The van der Waals surface area contributed by atoms with E-state index in [-0.39, 0.29) is 29.8 Å². The molecule has 1 fully saturated rings. The zero-order valence-corrected chi connectivity index (χ0v) is 16.5. The highest BCUT2D eigenvalue weighted by Crippen LogP contribution is 2.26. The molecule has 0 aliphatic carbocycles. The van der Waals surface area contributed by atoms with E-state index in [2.05, 4.69) is 4.90 Å². The predicted molar refractivity (Wildman–Crippen MR) is 109 cm³/mol. The van der Waals surface area contributed by atoms with Crippen molar-refractivity contribution >= 4 is 24.0 Å². The molecule has 0 atom stereocenters. The van der Waals surface area contributed by atoms with Crippen molar-refractivity contribution in [3.8, 4) is 0 Å². The molecule has 2 aromatic carbocycles. The summed E-state index contributed by atoms with van der Waals surface area (Å²) in [6.45, 7) is 1.99. The van der Waals surface area contributed by atoms with E-state index < -0.39 is 5.60 Å². The zero-order chi connectivity index (χ0) is 19.3. The fourth-order valence-electron chi connectivity index (χ4n) is 3.48. The average Bonchev–Trinajstić information content (AvgIpc) is 2.70. The van der Waals surface area contributed by atoms with Crippen LogP contribution in [0.5, 0.6) is 0 Å². The monoisotopic (exact) mass is 405 g/mol. The molecular formula is C22H25ClFNO3. The fourth-order valence-corrected chi connectivity index (χ4v) is 3.48. The summed E-state index contributed by atoms with van der Waals surface area (Å²) in [6.07, 6.45) is 1.88. The second kappa shape index (κ2) is 9.92. The van der Waals surface area contributed by atoms with Gasteiger partial charge in [-0.1, -0.05) is 30.3 Å². The van der Waals surface area contributed by atoms with Gasteiger partial charge < -0.3 is 10.0 Å². The Morgan fingerprint density at radius 1 is 0.964 bits per heavy atom. The smallest absolute Gasteiger partial charge is 0.194 e. The molecule has 0 bridgehead atoms. The van der Waals surface area contributed by atoms with Gasteiger partial charge in [-0.25, -0.2) is 4.39 Å². The van der Waals surface area contributed by atoms with Crippen LogP contribution in [-0.4, -0.2) is 46.8 Å². The van der Waals surface area contributed by atoms with E-state index in [1.165, 1.54) is 24.3 Å². The molecule has 0 spiro atoms. The van der Waals surface area contributed by atoms with Gasteiger partial charge in [-0.2, -0.15) is 0 Å². The van der Waals surface area contributed by atoms with E-state index in [4.69, 9.17) is 0 Å². The highest BCUT2D eigenvalue weighted by atomic mass is 35.5. The van der Waals surface area contributed by atoms with Crippen molar-refractivity contribution in [1.82, 2.24) is 4.90 Å². The summed E-state index contributed by atoms with van der Waals surface area (Å²) in [5, 5.41) is 10.7. The summed E-state index contributed by atoms with van der Waals surface area (Å²) in [7, 11) is 0. The number of carbonyl (C=O) groups is 2. The summed E-state index contributed by atoms with van der Waals surface area (Å²) in [4.78, 5) is 26.9. The minimum atomic E-state index is -1.30. The Balaban J connectivity index is 0.00000280. The molecule has 3 rings (SSSR count). The third kappa shape index (κ3) is 5.47. The highest BCUT2D eigenvalue weighted by Gasteiger charge is 2.39. The summed E-state index contributed by atoms with van der Waals surface area (Å²) < 4.78 is 12.9. The highest BCUT2D eigenvalue weighted by molar-refractivity contribution is 6.02. The molecule has 0 aromatic heterocycles. The predicted octanol–water partition coefficient (Wildman–Crippen LogP) is 3.92. The topological polar surface area (TPSA) is 57.6 Å². The van der Waals surface area contributed by atoms with Crippen LogP contribution in [0.1, 0.15) is 46.4 Å². The summed E-state index contributed by atoms with van der Waals surface area (Å²) in [5.74, 6) is -0.561. The maximum Gasteiger partial charge on any atom is 0.194 e. The minimum absolute atomic E-state index is 0. The number of carbonyl (C=O) groups excluding carboxylic acids is 2. The van der Waals surface area contributed by atoms with Crippen LogP contribution in [0.3, 0.4) is 0 Å². The molecule has 2 aromatic rings. The summed E-state index contributed by atoms with van der Waals surface area (Å²) >= 11 is 0. The molecule has 0 amide bonds. The third-order valence-corrected chi connectivity index (χ3v) is 5.19. The van der Waals surface area contributed by atoms with Crippen LogP contribution in [0.15, 0.2) is 54.6 Å². The molecule has 1 aliphatic rings. The Bertz CT molecular complexity index is 787. The second-order valence-electron chi connectivity index (χ2n) is 7.10. The van der Waals surface area contributed by atoms with Gasteiger partial charge in [0.15, 0.2) is 11.6 Å². The first-order chi connectivity index (χ1) is 13.0. The van der Waals surface area contributed by atoms with Crippen molar-refractivity contribution in [3.05, 3.63) is 71.5 Å². The van der Waals surface area contributed by atoms with Crippen molar-refractivity contribution in [3.63, 3.8) is 0 Å². The number of Topliss-reactive ketones (excluding diaryl/α,β-unsaturated/α-hetero) is 2. The van der Waals surface area contributed by atoms with Gasteiger partial charge in [-0.15, -0.1) is 12.4 Å². The lowest BCUT2D eigenvalue weighted by Crippen LogP contribution is -2.49. The zero-order valence-electron chi connectivity index (χ0n) is 15.6. The standard InChI is InChI=1S/C22H24FNO3.ClH/c23-19-10-8-17(9-11-19)20(25)7-4-14-24-15-12-22(27,13-16-24)21(26)18-5-2-1-3-6-18;/h1-3,5-6,8-11,27H,4,7,12-16H2;1H. The van der Waals surface area contributed by atoms with E-state index in [0.29, 0.717) is 49.9 Å². The Labute approximate surface area is 170 Å². The average molecular weight is 406 g/mol. The number of rotatable bonds is 7. The second-order valence-corrected chi connectivity index (χ2v) is 7.10. The number of hydrogen-bond donors (Lipinski definition) is 1. The van der Waals surface area contributed by atoms with Gasteiger partial charge in [0, 0.05) is 30.6 Å². The van der Waals surface area contributed by atoms with Crippen LogP contribution >= 0.6 is 12.4 Å². The molecule has 4 nitrogen and oxygen atoms in total. The first-order valence-corrected chi connectivity index (χ1v) is 9.31. The van der Waals surface area contributed by atoms with Crippen LogP contribution in [0.2, 0.25) is 0 Å². The van der Waals surface area contributed by atoms with E-state index in [0.717, 1.165) is 6.54 Å². The molecule has 1 heterocycles. The van der Waals surface area contributed by atoms with Gasteiger partial charge in [0.2, 0.25) is 0 Å². The third-order valence-electron chi connectivity index (χ3n) is 5.19. The molecule has 0 radical (unpaired) electrons. The molecule has 1 N–H and O–H groups in total.